The van der Waals surface area contributed by atoms with Crippen molar-refractivity contribution >= 4 is 16.7 Å². The van der Waals surface area contributed by atoms with Crippen LogP contribution in [-0.4, -0.2) is 48.7 Å². The second-order valence-corrected chi connectivity index (χ2v) is 8.79. The van der Waals surface area contributed by atoms with Gasteiger partial charge >= 0.3 is 5.63 Å². The normalized spacial score (nSPS) is 15.5. The van der Waals surface area contributed by atoms with Crippen LogP contribution in [0, 0.1) is 0 Å². The molecule has 1 saturated heterocycles. The number of hydrogen-bond donors (Lipinski definition) is 0. The Bertz CT molecular complexity index is 1470. The fraction of sp³-hybridized carbons (Fsp3) is 0.214. The number of carbonyl (C=O) groups excluding carboxylic acids is 1. The van der Waals surface area contributed by atoms with Crippen LogP contribution in [0.3, 0.4) is 0 Å². The van der Waals surface area contributed by atoms with Gasteiger partial charge in [-0.3, -0.25) is 9.69 Å². The largest absolute Gasteiger partial charge is 0.454 e. The molecule has 0 atom stereocenters. The Labute approximate surface area is 202 Å². The van der Waals surface area contributed by atoms with E-state index in [1.807, 2.05) is 59.5 Å². The number of carbonyl (C=O) groups is 1. The first-order valence-corrected chi connectivity index (χ1v) is 11.7. The molecule has 2 aliphatic rings. The molecule has 4 aromatic rings. The van der Waals surface area contributed by atoms with E-state index < -0.39 is 5.63 Å². The van der Waals surface area contributed by atoms with Gasteiger partial charge in [0.25, 0.3) is 5.91 Å². The van der Waals surface area contributed by atoms with E-state index in [2.05, 4.69) is 11.0 Å². The lowest BCUT2D eigenvalue weighted by Crippen LogP contribution is -2.48. The molecule has 0 N–H and O–H groups in total. The van der Waals surface area contributed by atoms with Gasteiger partial charge in [0, 0.05) is 38.3 Å². The van der Waals surface area contributed by atoms with Crippen molar-refractivity contribution in [1.82, 2.24) is 9.80 Å². The molecule has 1 amide bonds. The standard InChI is InChI=1S/C28H24N2O5/c31-27(30-13-11-29(12-14-30)17-19-9-10-24-26(15-19)34-18-33-24)23-8-4-3-7-22(23)25-16-20-5-1-2-6-21(20)28(32)35-25/h1-10,15-16H,11-14,17-18H2. The summed E-state index contributed by atoms with van der Waals surface area (Å²) >= 11 is 0. The van der Waals surface area contributed by atoms with Crippen LogP contribution in [0.5, 0.6) is 11.5 Å². The van der Waals surface area contributed by atoms with Gasteiger partial charge in [0.1, 0.15) is 5.76 Å². The van der Waals surface area contributed by atoms with Crippen molar-refractivity contribution in [1.29, 1.82) is 0 Å². The number of piperazine rings is 1. The lowest BCUT2D eigenvalue weighted by molar-refractivity contribution is 0.0629. The van der Waals surface area contributed by atoms with Crippen LogP contribution < -0.4 is 15.1 Å². The molecule has 7 nitrogen and oxygen atoms in total. The van der Waals surface area contributed by atoms with Gasteiger partial charge in [-0.25, -0.2) is 4.79 Å². The van der Waals surface area contributed by atoms with Gasteiger partial charge in [0.15, 0.2) is 11.5 Å². The zero-order valence-electron chi connectivity index (χ0n) is 19.1. The number of benzene rings is 3. The average Bonchev–Trinajstić information content (AvgIpc) is 3.37. The number of hydrogen-bond acceptors (Lipinski definition) is 6. The Balaban J connectivity index is 1.18. The van der Waals surface area contributed by atoms with E-state index >= 15 is 0 Å². The summed E-state index contributed by atoms with van der Waals surface area (Å²) in [4.78, 5) is 30.2. The summed E-state index contributed by atoms with van der Waals surface area (Å²) in [7, 11) is 0. The number of amides is 1. The molecule has 35 heavy (non-hydrogen) atoms. The van der Waals surface area contributed by atoms with Crippen molar-refractivity contribution in [3.63, 3.8) is 0 Å². The predicted molar refractivity (Wildman–Crippen MR) is 132 cm³/mol. The number of rotatable bonds is 4. The molecule has 0 bridgehead atoms. The molecular formula is C28H24N2O5. The van der Waals surface area contributed by atoms with Crippen LogP contribution in [0.25, 0.3) is 22.1 Å². The molecule has 1 fully saturated rings. The molecule has 1 aromatic heterocycles. The molecule has 6 rings (SSSR count). The van der Waals surface area contributed by atoms with Gasteiger partial charge in [-0.1, -0.05) is 42.5 Å². The third kappa shape index (κ3) is 4.15. The van der Waals surface area contributed by atoms with Gasteiger partial charge in [0.05, 0.1) is 10.9 Å². The van der Waals surface area contributed by atoms with Crippen molar-refractivity contribution in [2.75, 3.05) is 33.0 Å². The van der Waals surface area contributed by atoms with Crippen LogP contribution in [0.4, 0.5) is 0 Å². The molecule has 0 aliphatic carbocycles. The van der Waals surface area contributed by atoms with Gasteiger partial charge < -0.3 is 18.8 Å². The lowest BCUT2D eigenvalue weighted by atomic mass is 10.0. The first-order chi connectivity index (χ1) is 17.2. The maximum atomic E-state index is 13.5. The van der Waals surface area contributed by atoms with E-state index in [1.54, 1.807) is 12.1 Å². The van der Waals surface area contributed by atoms with Crippen LogP contribution in [0.2, 0.25) is 0 Å². The monoisotopic (exact) mass is 468 g/mol. The summed E-state index contributed by atoms with van der Waals surface area (Å²) in [5.41, 5.74) is 1.92. The number of fused-ring (bicyclic) bond motifs is 2. The predicted octanol–water partition coefficient (Wildman–Crippen LogP) is 4.15. The van der Waals surface area contributed by atoms with E-state index in [0.717, 1.165) is 42.1 Å². The SMILES string of the molecule is O=C(c1ccccc1-c1cc2ccccc2c(=O)o1)N1CCN(Cc2ccc3c(c2)OCO3)CC1. The fourth-order valence-corrected chi connectivity index (χ4v) is 4.73. The quantitative estimate of drug-likeness (QED) is 0.448. The summed E-state index contributed by atoms with van der Waals surface area (Å²) in [5, 5.41) is 1.32. The smallest absolute Gasteiger partial charge is 0.344 e. The van der Waals surface area contributed by atoms with E-state index in [0.29, 0.717) is 35.4 Å². The first kappa shape index (κ1) is 21.4. The fourth-order valence-electron chi connectivity index (χ4n) is 4.73. The van der Waals surface area contributed by atoms with Crippen LogP contribution in [0.1, 0.15) is 15.9 Å². The van der Waals surface area contributed by atoms with Crippen LogP contribution >= 0.6 is 0 Å². The van der Waals surface area contributed by atoms with Crippen molar-refractivity contribution in [3.05, 3.63) is 94.3 Å². The van der Waals surface area contributed by atoms with E-state index in [1.165, 1.54) is 0 Å². The summed E-state index contributed by atoms with van der Waals surface area (Å²) in [6.45, 7) is 3.85. The summed E-state index contributed by atoms with van der Waals surface area (Å²) in [6.07, 6.45) is 0. The topological polar surface area (TPSA) is 72.2 Å². The Morgan fingerprint density at radius 1 is 0.829 bits per heavy atom. The Morgan fingerprint density at radius 2 is 1.60 bits per heavy atom. The number of nitrogens with zero attached hydrogens (tertiary/aromatic N) is 2. The molecule has 0 saturated carbocycles. The maximum Gasteiger partial charge on any atom is 0.344 e. The maximum absolute atomic E-state index is 13.5. The Hall–Kier alpha value is -4.10. The van der Waals surface area contributed by atoms with Gasteiger partial charge in [-0.2, -0.15) is 0 Å². The molecule has 2 aliphatic heterocycles. The van der Waals surface area contributed by atoms with Crippen molar-refractivity contribution in [3.8, 4) is 22.8 Å². The van der Waals surface area contributed by atoms with E-state index in [4.69, 9.17) is 13.9 Å². The third-order valence-electron chi connectivity index (χ3n) is 6.60. The minimum absolute atomic E-state index is 0.0564. The zero-order chi connectivity index (χ0) is 23.8. The molecular weight excluding hydrogens is 444 g/mol. The molecule has 3 aromatic carbocycles. The van der Waals surface area contributed by atoms with Crippen molar-refractivity contribution in [2.45, 2.75) is 6.54 Å². The molecule has 3 heterocycles. The second kappa shape index (κ2) is 8.92. The van der Waals surface area contributed by atoms with Crippen LogP contribution in [0.15, 0.2) is 82.0 Å². The Kier molecular flexibility index (Phi) is 5.47. The van der Waals surface area contributed by atoms with Crippen molar-refractivity contribution < 1.29 is 18.7 Å². The average molecular weight is 469 g/mol. The van der Waals surface area contributed by atoms with E-state index in [-0.39, 0.29) is 12.7 Å². The minimum atomic E-state index is -0.405. The zero-order valence-corrected chi connectivity index (χ0v) is 19.1. The van der Waals surface area contributed by atoms with Crippen molar-refractivity contribution in [2.24, 2.45) is 0 Å². The van der Waals surface area contributed by atoms with Gasteiger partial charge in [-0.15, -0.1) is 0 Å². The summed E-state index contributed by atoms with van der Waals surface area (Å²) < 4.78 is 16.5. The summed E-state index contributed by atoms with van der Waals surface area (Å²) in [6, 6.07) is 22.5. The highest BCUT2D eigenvalue weighted by Gasteiger charge is 2.25. The summed E-state index contributed by atoms with van der Waals surface area (Å²) in [5.74, 6) is 1.91. The first-order valence-electron chi connectivity index (χ1n) is 11.7. The van der Waals surface area contributed by atoms with E-state index in [9.17, 15) is 9.59 Å². The molecule has 0 radical (unpaired) electrons. The minimum Gasteiger partial charge on any atom is -0.454 e. The third-order valence-corrected chi connectivity index (χ3v) is 6.60. The molecule has 176 valence electrons. The lowest BCUT2D eigenvalue weighted by Gasteiger charge is -2.35. The molecule has 7 heteroatoms. The van der Waals surface area contributed by atoms with Gasteiger partial charge in [0.2, 0.25) is 6.79 Å². The Morgan fingerprint density at radius 3 is 2.49 bits per heavy atom. The van der Waals surface area contributed by atoms with Crippen LogP contribution in [-0.2, 0) is 6.54 Å². The highest BCUT2D eigenvalue weighted by molar-refractivity contribution is 6.01. The number of ether oxygens (including phenoxy) is 2. The molecule has 0 spiro atoms. The second-order valence-electron chi connectivity index (χ2n) is 8.79. The highest BCUT2D eigenvalue weighted by atomic mass is 16.7. The van der Waals surface area contributed by atoms with Gasteiger partial charge in [-0.05, 0) is 41.3 Å². The highest BCUT2D eigenvalue weighted by Crippen LogP contribution is 2.33. The molecule has 0 unspecified atom stereocenters.